The van der Waals surface area contributed by atoms with Crippen LogP contribution in [0.4, 0.5) is 0 Å². The van der Waals surface area contributed by atoms with E-state index < -0.39 is 0 Å². The maximum absolute atomic E-state index is 4.27. The molecule has 4 nitrogen and oxygen atoms in total. The van der Waals surface area contributed by atoms with E-state index in [1.54, 1.807) is 6.33 Å². The van der Waals surface area contributed by atoms with Crippen LogP contribution in [0.3, 0.4) is 0 Å². The van der Waals surface area contributed by atoms with Crippen molar-refractivity contribution in [3.05, 3.63) is 42.0 Å². The summed E-state index contributed by atoms with van der Waals surface area (Å²) in [6.45, 7) is 5.83. The van der Waals surface area contributed by atoms with E-state index in [0.29, 0.717) is 0 Å². The molecule has 0 fully saturated rings. The van der Waals surface area contributed by atoms with Gasteiger partial charge in [0.1, 0.15) is 12.2 Å². The summed E-state index contributed by atoms with van der Waals surface area (Å²) in [5.74, 6) is 0.941. The third-order valence-electron chi connectivity index (χ3n) is 2.50. The Morgan fingerprint density at radius 1 is 1.31 bits per heavy atom. The molecule has 1 N–H and O–H groups in total. The van der Waals surface area contributed by atoms with Crippen LogP contribution in [-0.2, 0) is 6.54 Å². The summed E-state index contributed by atoms with van der Waals surface area (Å²) in [4.78, 5) is 4.26. The molecule has 0 amide bonds. The Morgan fingerprint density at radius 2 is 2.12 bits per heavy atom. The van der Waals surface area contributed by atoms with Crippen molar-refractivity contribution >= 4 is 0 Å². The van der Waals surface area contributed by atoms with Crippen molar-refractivity contribution in [1.82, 2.24) is 20.1 Å². The molecule has 0 aliphatic carbocycles. The molecule has 16 heavy (non-hydrogen) atoms. The van der Waals surface area contributed by atoms with Crippen molar-refractivity contribution < 1.29 is 0 Å². The number of benzene rings is 1. The molecule has 84 valence electrons. The molecule has 0 aliphatic heterocycles. The normalized spacial score (nSPS) is 10.6. The van der Waals surface area contributed by atoms with E-state index in [1.165, 1.54) is 5.56 Å². The summed E-state index contributed by atoms with van der Waals surface area (Å²) in [6.07, 6.45) is 1.60. The third-order valence-corrected chi connectivity index (χ3v) is 2.50. The highest BCUT2D eigenvalue weighted by Crippen LogP contribution is 2.13. The highest BCUT2D eigenvalue weighted by Gasteiger charge is 2.07. The van der Waals surface area contributed by atoms with Gasteiger partial charge in [0.2, 0.25) is 0 Å². The second-order valence-corrected chi connectivity index (χ2v) is 3.65. The molecule has 0 bridgehead atoms. The zero-order valence-corrected chi connectivity index (χ0v) is 9.64. The lowest BCUT2D eigenvalue weighted by molar-refractivity contribution is 0.663. The SMILES string of the molecule is CCNCc1ncnn1-c1ccccc1C. The van der Waals surface area contributed by atoms with E-state index in [4.69, 9.17) is 0 Å². The first-order chi connectivity index (χ1) is 7.83. The van der Waals surface area contributed by atoms with E-state index in [9.17, 15) is 0 Å². The van der Waals surface area contributed by atoms with Gasteiger partial charge in [0.15, 0.2) is 0 Å². The Balaban J connectivity index is 2.33. The Kier molecular flexibility index (Phi) is 3.31. The van der Waals surface area contributed by atoms with Gasteiger partial charge in [-0.3, -0.25) is 0 Å². The summed E-state index contributed by atoms with van der Waals surface area (Å²) in [6, 6.07) is 8.17. The highest BCUT2D eigenvalue weighted by molar-refractivity contribution is 5.39. The van der Waals surface area contributed by atoms with Gasteiger partial charge >= 0.3 is 0 Å². The number of hydrogen-bond acceptors (Lipinski definition) is 3. The first kappa shape index (κ1) is 10.8. The molecule has 0 atom stereocenters. The van der Waals surface area contributed by atoms with Crippen LogP contribution >= 0.6 is 0 Å². The van der Waals surface area contributed by atoms with Gasteiger partial charge in [-0.1, -0.05) is 25.1 Å². The van der Waals surface area contributed by atoms with Crippen molar-refractivity contribution in [3.8, 4) is 5.69 Å². The van der Waals surface area contributed by atoms with E-state index >= 15 is 0 Å². The maximum atomic E-state index is 4.27. The van der Waals surface area contributed by atoms with Gasteiger partial charge in [-0.25, -0.2) is 9.67 Å². The summed E-state index contributed by atoms with van der Waals surface area (Å²) in [5, 5.41) is 7.52. The predicted octanol–water partition coefficient (Wildman–Crippen LogP) is 1.69. The van der Waals surface area contributed by atoms with Gasteiger partial charge < -0.3 is 5.32 Å². The van der Waals surface area contributed by atoms with Gasteiger partial charge in [-0.2, -0.15) is 5.10 Å². The van der Waals surface area contributed by atoms with Crippen LogP contribution in [0.1, 0.15) is 18.3 Å². The molecule has 0 spiro atoms. The second-order valence-electron chi connectivity index (χ2n) is 3.65. The Hall–Kier alpha value is -1.68. The topological polar surface area (TPSA) is 42.7 Å². The quantitative estimate of drug-likeness (QED) is 0.845. The van der Waals surface area contributed by atoms with Crippen molar-refractivity contribution in [2.75, 3.05) is 6.54 Å². The predicted molar refractivity (Wildman–Crippen MR) is 63.5 cm³/mol. The minimum absolute atomic E-state index is 0.741. The zero-order valence-electron chi connectivity index (χ0n) is 9.64. The lowest BCUT2D eigenvalue weighted by Gasteiger charge is -2.08. The minimum Gasteiger partial charge on any atom is -0.310 e. The standard InChI is InChI=1S/C12H16N4/c1-3-13-8-12-14-9-15-16(12)11-7-5-4-6-10(11)2/h4-7,9,13H,3,8H2,1-2H3. The first-order valence-electron chi connectivity index (χ1n) is 5.48. The van der Waals surface area contributed by atoms with Crippen molar-refractivity contribution in [2.24, 2.45) is 0 Å². The highest BCUT2D eigenvalue weighted by atomic mass is 15.3. The number of aromatic nitrogens is 3. The monoisotopic (exact) mass is 216 g/mol. The summed E-state index contributed by atoms with van der Waals surface area (Å²) in [5.41, 5.74) is 2.29. The van der Waals surface area contributed by atoms with E-state index in [1.807, 2.05) is 16.8 Å². The second kappa shape index (κ2) is 4.90. The number of para-hydroxylation sites is 1. The van der Waals surface area contributed by atoms with Crippen LogP contribution in [0.2, 0.25) is 0 Å². The van der Waals surface area contributed by atoms with Crippen molar-refractivity contribution in [2.45, 2.75) is 20.4 Å². The van der Waals surface area contributed by atoms with Gasteiger partial charge in [-0.05, 0) is 25.1 Å². The molecule has 1 aromatic carbocycles. The Labute approximate surface area is 95.3 Å². The average Bonchev–Trinajstić information content (AvgIpc) is 2.75. The first-order valence-corrected chi connectivity index (χ1v) is 5.48. The van der Waals surface area contributed by atoms with Crippen molar-refractivity contribution in [3.63, 3.8) is 0 Å². The number of rotatable bonds is 4. The molecule has 0 saturated heterocycles. The fourth-order valence-electron chi connectivity index (χ4n) is 1.63. The minimum atomic E-state index is 0.741. The lowest BCUT2D eigenvalue weighted by atomic mass is 10.2. The molecule has 0 saturated carbocycles. The zero-order chi connectivity index (χ0) is 11.4. The average molecular weight is 216 g/mol. The van der Waals surface area contributed by atoms with Crippen LogP contribution < -0.4 is 5.32 Å². The van der Waals surface area contributed by atoms with Gasteiger partial charge in [0.05, 0.1) is 12.2 Å². The van der Waals surface area contributed by atoms with E-state index in [0.717, 1.165) is 24.6 Å². The Morgan fingerprint density at radius 3 is 2.88 bits per heavy atom. The number of nitrogens with zero attached hydrogens (tertiary/aromatic N) is 3. The maximum Gasteiger partial charge on any atom is 0.146 e. The largest absolute Gasteiger partial charge is 0.310 e. The molecule has 4 heteroatoms. The van der Waals surface area contributed by atoms with Crippen LogP contribution in [0.5, 0.6) is 0 Å². The van der Waals surface area contributed by atoms with Crippen LogP contribution in [0.15, 0.2) is 30.6 Å². The molecular weight excluding hydrogens is 200 g/mol. The molecule has 0 unspecified atom stereocenters. The van der Waals surface area contributed by atoms with Crippen LogP contribution in [-0.4, -0.2) is 21.3 Å². The van der Waals surface area contributed by atoms with Gasteiger partial charge in [0, 0.05) is 0 Å². The summed E-state index contributed by atoms with van der Waals surface area (Å²) in [7, 11) is 0. The number of aryl methyl sites for hydroxylation is 1. The van der Waals surface area contributed by atoms with Gasteiger partial charge in [0.25, 0.3) is 0 Å². The molecule has 2 aromatic rings. The number of hydrogen-bond donors (Lipinski definition) is 1. The molecule has 1 heterocycles. The van der Waals surface area contributed by atoms with Gasteiger partial charge in [-0.15, -0.1) is 0 Å². The Bertz CT molecular complexity index is 462. The fourth-order valence-corrected chi connectivity index (χ4v) is 1.63. The lowest BCUT2D eigenvalue weighted by Crippen LogP contribution is -2.16. The van der Waals surface area contributed by atoms with Crippen LogP contribution in [0.25, 0.3) is 5.69 Å². The summed E-state index contributed by atoms with van der Waals surface area (Å²) >= 11 is 0. The van der Waals surface area contributed by atoms with Crippen molar-refractivity contribution in [1.29, 1.82) is 0 Å². The fraction of sp³-hybridized carbons (Fsp3) is 0.333. The van der Waals surface area contributed by atoms with Crippen LogP contribution in [0, 0.1) is 6.92 Å². The molecule has 0 radical (unpaired) electrons. The molecule has 2 rings (SSSR count). The third kappa shape index (κ3) is 2.12. The number of nitrogens with one attached hydrogen (secondary N) is 1. The molecular formula is C12H16N4. The summed E-state index contributed by atoms with van der Waals surface area (Å²) < 4.78 is 1.89. The van der Waals surface area contributed by atoms with E-state index in [2.05, 4.69) is 41.4 Å². The molecule has 1 aromatic heterocycles. The van der Waals surface area contributed by atoms with E-state index in [-0.39, 0.29) is 0 Å². The molecule has 0 aliphatic rings. The smallest absolute Gasteiger partial charge is 0.146 e.